The first-order valence-electron chi connectivity index (χ1n) is 9.73. The minimum Gasteiger partial charge on any atom is -0.454 e. The molecule has 1 aliphatic rings. The quantitative estimate of drug-likeness (QED) is 0.470. The number of nitrogens with one attached hydrogen (secondary N) is 2. The lowest BCUT2D eigenvalue weighted by atomic mass is 10.2. The van der Waals surface area contributed by atoms with E-state index in [0.29, 0.717) is 33.2 Å². The highest BCUT2D eigenvalue weighted by atomic mass is 32.2. The summed E-state index contributed by atoms with van der Waals surface area (Å²) in [6.07, 6.45) is 0. The molecule has 0 saturated carbocycles. The molecular formula is C19H21N7O4S2. The zero-order chi connectivity index (χ0) is 22.7. The minimum absolute atomic E-state index is 0.145. The Morgan fingerprint density at radius 2 is 2.00 bits per heavy atom. The zero-order valence-corrected chi connectivity index (χ0v) is 19.2. The Kier molecular flexibility index (Phi) is 6.55. The predicted octanol–water partition coefficient (Wildman–Crippen LogP) is 2.18. The Labute approximate surface area is 191 Å². The minimum atomic E-state index is -0.266. The molecule has 0 bridgehead atoms. The number of hydrogen-bond donors (Lipinski definition) is 2. The Balaban J connectivity index is 1.28. The molecule has 0 aliphatic carbocycles. The number of anilines is 1. The molecule has 1 aliphatic heterocycles. The fourth-order valence-corrected chi connectivity index (χ4v) is 4.22. The molecular weight excluding hydrogens is 454 g/mol. The van der Waals surface area contributed by atoms with Crippen molar-refractivity contribution < 1.29 is 19.1 Å². The smallest absolute Gasteiger partial charge is 0.251 e. The van der Waals surface area contributed by atoms with E-state index >= 15 is 0 Å². The van der Waals surface area contributed by atoms with Crippen LogP contribution in [-0.4, -0.2) is 49.3 Å². The zero-order valence-electron chi connectivity index (χ0n) is 17.6. The van der Waals surface area contributed by atoms with Crippen molar-refractivity contribution in [2.24, 2.45) is 7.05 Å². The van der Waals surface area contributed by atoms with Crippen molar-refractivity contribution in [3.05, 3.63) is 34.6 Å². The van der Waals surface area contributed by atoms with Crippen LogP contribution in [0.1, 0.15) is 41.0 Å². The van der Waals surface area contributed by atoms with E-state index in [2.05, 4.69) is 31.0 Å². The van der Waals surface area contributed by atoms with E-state index in [4.69, 9.17) is 9.47 Å². The molecule has 4 rings (SSSR count). The monoisotopic (exact) mass is 475 g/mol. The summed E-state index contributed by atoms with van der Waals surface area (Å²) in [5.41, 5.74) is 0.458. The number of aromatic nitrogens is 5. The molecule has 2 amide bonds. The van der Waals surface area contributed by atoms with Gasteiger partial charge in [-0.3, -0.25) is 14.9 Å². The summed E-state index contributed by atoms with van der Waals surface area (Å²) in [4.78, 5) is 24.6. The maximum Gasteiger partial charge on any atom is 0.251 e. The second kappa shape index (κ2) is 9.53. The highest BCUT2D eigenvalue weighted by Crippen LogP contribution is 2.32. The van der Waals surface area contributed by atoms with Gasteiger partial charge in [0.1, 0.15) is 5.01 Å². The van der Waals surface area contributed by atoms with Gasteiger partial charge in [-0.2, -0.15) is 0 Å². The summed E-state index contributed by atoms with van der Waals surface area (Å²) in [6, 6.07) is 5.00. The fourth-order valence-electron chi connectivity index (χ4n) is 2.73. The van der Waals surface area contributed by atoms with Crippen LogP contribution >= 0.6 is 23.1 Å². The van der Waals surface area contributed by atoms with Crippen molar-refractivity contribution in [1.29, 1.82) is 0 Å². The van der Waals surface area contributed by atoms with Crippen molar-refractivity contribution in [2.75, 3.05) is 17.9 Å². The van der Waals surface area contributed by atoms with Crippen LogP contribution in [0.15, 0.2) is 23.4 Å². The molecule has 0 atom stereocenters. The highest BCUT2D eigenvalue weighted by Gasteiger charge is 2.18. The van der Waals surface area contributed by atoms with E-state index in [0.717, 1.165) is 5.01 Å². The normalized spacial score (nSPS) is 12.2. The third kappa shape index (κ3) is 4.99. The van der Waals surface area contributed by atoms with Crippen LogP contribution in [0, 0.1) is 0 Å². The summed E-state index contributed by atoms with van der Waals surface area (Å²) < 4.78 is 12.3. The van der Waals surface area contributed by atoms with Crippen LogP contribution in [0.3, 0.4) is 0 Å². The SMILES string of the molecule is CC(C)c1nnc(NC(=O)CSc2nnc(CNC(=O)c3ccc4c(c3)OCO4)n2C)s1. The van der Waals surface area contributed by atoms with Crippen molar-refractivity contribution in [2.45, 2.75) is 31.5 Å². The molecule has 13 heteroatoms. The number of ether oxygens (including phenoxy) is 2. The van der Waals surface area contributed by atoms with Gasteiger partial charge in [0, 0.05) is 18.5 Å². The molecule has 0 unspecified atom stereocenters. The Morgan fingerprint density at radius 3 is 2.78 bits per heavy atom. The number of fused-ring (bicyclic) bond motifs is 1. The van der Waals surface area contributed by atoms with E-state index in [1.165, 1.54) is 23.1 Å². The van der Waals surface area contributed by atoms with Gasteiger partial charge in [0.05, 0.1) is 12.3 Å². The molecule has 0 fully saturated rings. The van der Waals surface area contributed by atoms with E-state index in [1.807, 2.05) is 13.8 Å². The second-order valence-electron chi connectivity index (χ2n) is 7.15. The third-order valence-electron chi connectivity index (χ3n) is 4.48. The molecule has 32 heavy (non-hydrogen) atoms. The maximum atomic E-state index is 12.4. The molecule has 3 aromatic rings. The van der Waals surface area contributed by atoms with Crippen molar-refractivity contribution in [1.82, 2.24) is 30.3 Å². The lowest BCUT2D eigenvalue weighted by Gasteiger charge is -2.07. The lowest BCUT2D eigenvalue weighted by Crippen LogP contribution is -2.24. The summed E-state index contributed by atoms with van der Waals surface area (Å²) in [5, 5.41) is 23.7. The molecule has 0 spiro atoms. The number of thioether (sulfide) groups is 1. The van der Waals surface area contributed by atoms with E-state index < -0.39 is 0 Å². The van der Waals surface area contributed by atoms with Crippen molar-refractivity contribution in [3.8, 4) is 11.5 Å². The fraction of sp³-hybridized carbons (Fsp3) is 0.368. The lowest BCUT2D eigenvalue weighted by molar-refractivity contribution is -0.113. The average Bonchev–Trinajstić information content (AvgIpc) is 3.50. The summed E-state index contributed by atoms with van der Waals surface area (Å²) in [6.45, 7) is 4.38. The van der Waals surface area contributed by atoms with Crippen LogP contribution in [0.4, 0.5) is 5.13 Å². The van der Waals surface area contributed by atoms with Gasteiger partial charge in [-0.05, 0) is 18.2 Å². The Hall–Kier alpha value is -3.19. The van der Waals surface area contributed by atoms with Gasteiger partial charge in [0.15, 0.2) is 22.5 Å². The largest absolute Gasteiger partial charge is 0.454 e. The van der Waals surface area contributed by atoms with E-state index in [1.54, 1.807) is 29.8 Å². The van der Waals surface area contributed by atoms with E-state index in [9.17, 15) is 9.59 Å². The van der Waals surface area contributed by atoms with Crippen LogP contribution in [-0.2, 0) is 18.4 Å². The summed E-state index contributed by atoms with van der Waals surface area (Å²) in [7, 11) is 1.78. The first-order valence-corrected chi connectivity index (χ1v) is 11.5. The Bertz CT molecular complexity index is 1140. The number of carbonyl (C=O) groups is 2. The highest BCUT2D eigenvalue weighted by molar-refractivity contribution is 7.99. The summed E-state index contributed by atoms with van der Waals surface area (Å²) in [5.74, 6) is 1.66. The molecule has 11 nitrogen and oxygen atoms in total. The molecule has 0 saturated heterocycles. The van der Waals surface area contributed by atoms with Crippen LogP contribution in [0.5, 0.6) is 11.5 Å². The standard InChI is InChI=1S/C19H21N7O4S2/c1-10(2)17-23-24-18(32-17)21-15(27)8-31-19-25-22-14(26(19)3)7-20-16(28)11-4-5-12-13(6-11)30-9-29-12/h4-6,10H,7-9H2,1-3H3,(H,20,28)(H,21,24,27). The molecule has 2 N–H and O–H groups in total. The molecule has 2 aromatic heterocycles. The number of rotatable bonds is 8. The average molecular weight is 476 g/mol. The Morgan fingerprint density at radius 1 is 1.19 bits per heavy atom. The van der Waals surface area contributed by atoms with Gasteiger partial charge in [-0.1, -0.05) is 36.9 Å². The first kappa shape index (κ1) is 22.0. The van der Waals surface area contributed by atoms with Gasteiger partial charge < -0.3 is 19.4 Å². The van der Waals surface area contributed by atoms with Gasteiger partial charge in [0.2, 0.25) is 17.8 Å². The van der Waals surface area contributed by atoms with Gasteiger partial charge in [-0.15, -0.1) is 20.4 Å². The van der Waals surface area contributed by atoms with E-state index in [-0.39, 0.29) is 36.8 Å². The van der Waals surface area contributed by atoms with Crippen molar-refractivity contribution in [3.63, 3.8) is 0 Å². The van der Waals surface area contributed by atoms with Gasteiger partial charge in [0.25, 0.3) is 5.91 Å². The van der Waals surface area contributed by atoms with Gasteiger partial charge >= 0.3 is 0 Å². The first-order chi connectivity index (χ1) is 15.4. The number of carbonyl (C=O) groups excluding carboxylic acids is 2. The molecule has 0 radical (unpaired) electrons. The molecule has 168 valence electrons. The number of amides is 2. The van der Waals surface area contributed by atoms with Crippen LogP contribution in [0.25, 0.3) is 0 Å². The molecule has 1 aromatic carbocycles. The number of hydrogen-bond acceptors (Lipinski definition) is 10. The molecule has 3 heterocycles. The number of benzene rings is 1. The van der Waals surface area contributed by atoms with Crippen molar-refractivity contribution >= 4 is 40.0 Å². The van der Waals surface area contributed by atoms with Gasteiger partial charge in [-0.25, -0.2) is 0 Å². The van der Waals surface area contributed by atoms with Crippen LogP contribution < -0.4 is 20.1 Å². The summed E-state index contributed by atoms with van der Waals surface area (Å²) >= 11 is 2.60. The topological polar surface area (TPSA) is 133 Å². The number of nitrogens with zero attached hydrogens (tertiary/aromatic N) is 5. The maximum absolute atomic E-state index is 12.4. The second-order valence-corrected chi connectivity index (χ2v) is 9.10. The predicted molar refractivity (Wildman–Crippen MR) is 118 cm³/mol. The van der Waals surface area contributed by atoms with Crippen LogP contribution in [0.2, 0.25) is 0 Å². The third-order valence-corrected chi connectivity index (χ3v) is 6.64.